The van der Waals surface area contributed by atoms with Crippen molar-refractivity contribution in [3.8, 4) is 0 Å². The van der Waals surface area contributed by atoms with Crippen molar-refractivity contribution >= 4 is 34.5 Å². The van der Waals surface area contributed by atoms with E-state index >= 15 is 0 Å². The van der Waals surface area contributed by atoms with Crippen LogP contribution < -0.4 is 11.5 Å². The topological polar surface area (TPSA) is 138 Å². The van der Waals surface area contributed by atoms with Crippen molar-refractivity contribution in [3.63, 3.8) is 0 Å². The van der Waals surface area contributed by atoms with Gasteiger partial charge in [0, 0.05) is 11.8 Å². The van der Waals surface area contributed by atoms with Crippen LogP contribution in [0.15, 0.2) is 0 Å². The highest BCUT2D eigenvalue weighted by Gasteiger charge is 2.55. The first-order valence-electron chi connectivity index (χ1n) is 9.72. The van der Waals surface area contributed by atoms with E-state index in [0.717, 1.165) is 35.7 Å². The molecule has 0 atom stereocenters. The van der Waals surface area contributed by atoms with Gasteiger partial charge < -0.3 is 11.5 Å². The third kappa shape index (κ3) is 3.26. The summed E-state index contributed by atoms with van der Waals surface area (Å²) in [6.45, 7) is 7.14. The Morgan fingerprint density at radius 2 is 1.14 bits per heavy atom. The van der Waals surface area contributed by atoms with E-state index in [2.05, 4.69) is 20.4 Å². The van der Waals surface area contributed by atoms with Gasteiger partial charge in [-0.3, -0.25) is 9.59 Å². The monoisotopic (exact) mass is 434 g/mol. The summed E-state index contributed by atoms with van der Waals surface area (Å²) >= 11 is 3.01. The molecule has 2 aliphatic carbocycles. The number of hydrogen-bond donors (Lipinski definition) is 2. The van der Waals surface area contributed by atoms with E-state index in [-0.39, 0.29) is 11.8 Å². The first-order chi connectivity index (χ1) is 13.4. The number of aromatic nitrogens is 4. The third-order valence-electron chi connectivity index (χ3n) is 6.60. The minimum absolute atomic E-state index is 0.353. The van der Waals surface area contributed by atoms with E-state index < -0.39 is 10.8 Å². The molecule has 2 amide bonds. The Kier molecular flexibility index (Phi) is 4.58. The molecule has 2 aliphatic rings. The molecular weight excluding hydrogens is 408 g/mol. The number of carbonyl (C=O) groups excluding carboxylic acids is 2. The standard InChI is InChI=1S/C19H26N6O2S2/c1-17(2,13(20)26)15-24-22-11(28-15)9-5-19(6-9)7-10(8-19)12-23-25-16(29-12)18(3,4)14(21)27/h9-10H,5-8H2,1-4H3,(H2,20,26)(H2,21,27). The Morgan fingerprint density at radius 1 is 0.793 bits per heavy atom. The minimum atomic E-state index is -0.785. The molecule has 8 nitrogen and oxygen atoms in total. The predicted molar refractivity (Wildman–Crippen MR) is 111 cm³/mol. The molecule has 0 bridgehead atoms. The second kappa shape index (κ2) is 6.53. The van der Waals surface area contributed by atoms with Crippen molar-refractivity contribution in [3.05, 3.63) is 20.0 Å². The molecule has 2 fully saturated rings. The van der Waals surface area contributed by atoms with Gasteiger partial charge in [-0.1, -0.05) is 0 Å². The maximum absolute atomic E-state index is 11.6. The molecule has 0 saturated heterocycles. The maximum Gasteiger partial charge on any atom is 0.230 e. The van der Waals surface area contributed by atoms with Crippen LogP contribution in [0, 0.1) is 5.41 Å². The predicted octanol–water partition coefficient (Wildman–Crippen LogP) is 2.36. The number of carbonyl (C=O) groups is 2. The summed E-state index contributed by atoms with van der Waals surface area (Å²) in [5.41, 5.74) is 9.76. The number of amides is 2. The Hall–Kier alpha value is -1.94. The van der Waals surface area contributed by atoms with Gasteiger partial charge in [0.25, 0.3) is 0 Å². The lowest BCUT2D eigenvalue weighted by atomic mass is 9.48. The first kappa shape index (κ1) is 20.3. The number of nitrogens with zero attached hydrogens (tertiary/aromatic N) is 4. The fraction of sp³-hybridized carbons (Fsp3) is 0.684. The Bertz CT molecular complexity index is 885. The number of hydrogen-bond acceptors (Lipinski definition) is 8. The van der Waals surface area contributed by atoms with Crippen molar-refractivity contribution in [2.45, 2.75) is 76.0 Å². The number of primary amides is 2. The molecule has 0 radical (unpaired) electrons. The molecule has 156 valence electrons. The largest absolute Gasteiger partial charge is 0.369 e. The summed E-state index contributed by atoms with van der Waals surface area (Å²) in [4.78, 5) is 23.3. The molecule has 1 spiro atoms. The third-order valence-corrected chi connectivity index (χ3v) is 9.42. The lowest BCUT2D eigenvalue weighted by Crippen LogP contribution is -2.45. The van der Waals surface area contributed by atoms with Gasteiger partial charge in [0.05, 0.1) is 10.8 Å². The molecule has 10 heteroatoms. The van der Waals surface area contributed by atoms with Crippen LogP contribution in [0.3, 0.4) is 0 Å². The van der Waals surface area contributed by atoms with Crippen molar-refractivity contribution in [2.75, 3.05) is 0 Å². The van der Waals surface area contributed by atoms with E-state index in [1.807, 2.05) is 0 Å². The SMILES string of the molecule is CC(C)(C(N)=O)c1nnc(C2CC3(C2)CC(c2nnc(C(C)(C)C(N)=O)s2)C3)s1. The molecular formula is C19H26N6O2S2. The fourth-order valence-corrected chi connectivity index (χ4v) is 6.27. The van der Waals surface area contributed by atoms with E-state index in [9.17, 15) is 9.59 Å². The van der Waals surface area contributed by atoms with E-state index in [0.29, 0.717) is 27.3 Å². The molecule has 0 aliphatic heterocycles. The van der Waals surface area contributed by atoms with Gasteiger partial charge in [-0.2, -0.15) is 0 Å². The summed E-state index contributed by atoms with van der Waals surface area (Å²) in [6, 6.07) is 0. The van der Waals surface area contributed by atoms with Crippen LogP contribution in [0.1, 0.15) is 85.2 Å². The summed E-state index contributed by atoms with van der Waals surface area (Å²) < 4.78 is 0. The smallest absolute Gasteiger partial charge is 0.230 e. The molecule has 2 aromatic heterocycles. The van der Waals surface area contributed by atoms with Crippen LogP contribution in [0.25, 0.3) is 0 Å². The lowest BCUT2D eigenvalue weighted by Gasteiger charge is -2.56. The summed E-state index contributed by atoms with van der Waals surface area (Å²) in [5.74, 6) is 0.0420. The maximum atomic E-state index is 11.6. The quantitative estimate of drug-likeness (QED) is 0.716. The Balaban J connectivity index is 1.36. The molecule has 2 aromatic rings. The van der Waals surface area contributed by atoms with Crippen molar-refractivity contribution in [1.82, 2.24) is 20.4 Å². The molecule has 4 N–H and O–H groups in total. The van der Waals surface area contributed by atoms with Gasteiger partial charge in [-0.05, 0) is 58.8 Å². The first-order valence-corrected chi connectivity index (χ1v) is 11.4. The highest BCUT2D eigenvalue weighted by molar-refractivity contribution is 7.12. The second-order valence-corrected chi connectivity index (χ2v) is 11.6. The minimum Gasteiger partial charge on any atom is -0.369 e. The molecule has 4 rings (SSSR count). The fourth-order valence-electron chi connectivity index (χ4n) is 4.17. The van der Waals surface area contributed by atoms with Gasteiger partial charge in [0.15, 0.2) is 0 Å². The van der Waals surface area contributed by atoms with Crippen LogP contribution >= 0.6 is 22.7 Å². The molecule has 2 saturated carbocycles. The van der Waals surface area contributed by atoms with E-state index in [1.165, 1.54) is 22.7 Å². The molecule has 0 aromatic carbocycles. The zero-order valence-electron chi connectivity index (χ0n) is 17.1. The van der Waals surface area contributed by atoms with E-state index in [1.54, 1.807) is 27.7 Å². The summed E-state index contributed by atoms with van der Waals surface area (Å²) in [5, 5.41) is 20.5. The normalized spacial score (nSPS) is 26.8. The molecule has 0 unspecified atom stereocenters. The van der Waals surface area contributed by atoms with Gasteiger partial charge in [0.2, 0.25) is 11.8 Å². The van der Waals surface area contributed by atoms with Crippen LogP contribution in [0.4, 0.5) is 0 Å². The van der Waals surface area contributed by atoms with Gasteiger partial charge in [-0.25, -0.2) is 0 Å². The van der Waals surface area contributed by atoms with Crippen LogP contribution in [0.2, 0.25) is 0 Å². The van der Waals surface area contributed by atoms with Gasteiger partial charge in [0.1, 0.15) is 20.0 Å². The van der Waals surface area contributed by atoms with Gasteiger partial charge >= 0.3 is 0 Å². The second-order valence-electron chi connectivity index (χ2n) is 9.58. The van der Waals surface area contributed by atoms with Crippen LogP contribution in [-0.2, 0) is 20.4 Å². The van der Waals surface area contributed by atoms with Crippen LogP contribution in [0.5, 0.6) is 0 Å². The van der Waals surface area contributed by atoms with E-state index in [4.69, 9.17) is 11.5 Å². The number of rotatable bonds is 6. The average molecular weight is 435 g/mol. The number of nitrogens with two attached hydrogens (primary N) is 2. The highest BCUT2D eigenvalue weighted by Crippen LogP contribution is 2.66. The Morgan fingerprint density at radius 3 is 1.45 bits per heavy atom. The molecule has 2 heterocycles. The average Bonchev–Trinajstić information content (AvgIpc) is 3.21. The summed E-state index contributed by atoms with van der Waals surface area (Å²) in [6.07, 6.45) is 4.36. The van der Waals surface area contributed by atoms with Crippen molar-refractivity contribution < 1.29 is 9.59 Å². The van der Waals surface area contributed by atoms with Crippen LogP contribution in [-0.4, -0.2) is 32.2 Å². The zero-order valence-corrected chi connectivity index (χ0v) is 18.7. The highest BCUT2D eigenvalue weighted by atomic mass is 32.1. The van der Waals surface area contributed by atoms with Crippen molar-refractivity contribution in [2.24, 2.45) is 16.9 Å². The zero-order chi connectivity index (χ0) is 21.2. The van der Waals surface area contributed by atoms with Gasteiger partial charge in [-0.15, -0.1) is 43.1 Å². The Labute approximate surface area is 177 Å². The molecule has 29 heavy (non-hydrogen) atoms. The summed E-state index contributed by atoms with van der Waals surface area (Å²) in [7, 11) is 0. The lowest BCUT2D eigenvalue weighted by molar-refractivity contribution is -0.123. The van der Waals surface area contributed by atoms with Crippen molar-refractivity contribution in [1.29, 1.82) is 0 Å².